The standard InChI is InChI=1S/C20H26N2O2/c1-19(2,3)21-17(23)14-11-7-9-13-10-8-12-15(16(13)14)18(24)22-20(4,5)6/h7-12H,1-6H3,(H,21,23)(H,22,24). The second-order valence-electron chi connectivity index (χ2n) is 8.12. The van der Waals surface area contributed by atoms with Crippen LogP contribution in [0.3, 0.4) is 0 Å². The molecule has 2 amide bonds. The van der Waals surface area contributed by atoms with Crippen LogP contribution in [0.2, 0.25) is 0 Å². The molecular formula is C20H26N2O2. The van der Waals surface area contributed by atoms with Gasteiger partial charge < -0.3 is 10.6 Å². The average Bonchev–Trinajstić information content (AvgIpc) is 2.42. The summed E-state index contributed by atoms with van der Waals surface area (Å²) in [5.74, 6) is -0.354. The molecule has 24 heavy (non-hydrogen) atoms. The normalized spacial score (nSPS) is 12.1. The van der Waals surface area contributed by atoms with Gasteiger partial charge in [0, 0.05) is 27.6 Å². The topological polar surface area (TPSA) is 58.2 Å². The molecule has 2 aromatic carbocycles. The van der Waals surface area contributed by atoms with E-state index in [1.54, 1.807) is 12.1 Å². The van der Waals surface area contributed by atoms with Crippen molar-refractivity contribution in [2.75, 3.05) is 0 Å². The lowest BCUT2D eigenvalue weighted by molar-refractivity contribution is 0.0917. The van der Waals surface area contributed by atoms with Crippen molar-refractivity contribution < 1.29 is 9.59 Å². The number of benzene rings is 2. The molecule has 0 aliphatic rings. The fourth-order valence-electron chi connectivity index (χ4n) is 2.54. The van der Waals surface area contributed by atoms with Crippen molar-refractivity contribution in [1.82, 2.24) is 10.6 Å². The summed E-state index contributed by atoms with van der Waals surface area (Å²) in [6.45, 7) is 11.6. The van der Waals surface area contributed by atoms with E-state index >= 15 is 0 Å². The predicted octanol–water partition coefficient (Wildman–Crippen LogP) is 3.90. The van der Waals surface area contributed by atoms with Gasteiger partial charge in [-0.25, -0.2) is 0 Å². The lowest BCUT2D eigenvalue weighted by Crippen LogP contribution is -2.41. The number of fused-ring (bicyclic) bond motifs is 1. The maximum atomic E-state index is 12.7. The highest BCUT2D eigenvalue weighted by atomic mass is 16.2. The van der Waals surface area contributed by atoms with Crippen LogP contribution in [0.4, 0.5) is 0 Å². The smallest absolute Gasteiger partial charge is 0.252 e. The molecule has 0 saturated heterocycles. The Balaban J connectivity index is 2.58. The van der Waals surface area contributed by atoms with Gasteiger partial charge in [-0.15, -0.1) is 0 Å². The van der Waals surface area contributed by atoms with Crippen LogP contribution in [-0.2, 0) is 0 Å². The monoisotopic (exact) mass is 326 g/mol. The van der Waals surface area contributed by atoms with E-state index in [-0.39, 0.29) is 22.9 Å². The second-order valence-corrected chi connectivity index (χ2v) is 8.12. The molecular weight excluding hydrogens is 300 g/mol. The number of amides is 2. The van der Waals surface area contributed by atoms with Crippen molar-refractivity contribution in [2.24, 2.45) is 0 Å². The van der Waals surface area contributed by atoms with Crippen LogP contribution >= 0.6 is 0 Å². The molecule has 2 N–H and O–H groups in total. The highest BCUT2D eigenvalue weighted by molar-refractivity contribution is 6.15. The molecule has 4 nitrogen and oxygen atoms in total. The summed E-state index contributed by atoms with van der Waals surface area (Å²) in [6, 6.07) is 11.0. The summed E-state index contributed by atoms with van der Waals surface area (Å²) >= 11 is 0. The summed E-state index contributed by atoms with van der Waals surface area (Å²) in [5.41, 5.74) is 0.341. The van der Waals surface area contributed by atoms with Crippen LogP contribution in [0.5, 0.6) is 0 Å². The van der Waals surface area contributed by atoms with E-state index in [9.17, 15) is 9.59 Å². The van der Waals surface area contributed by atoms with E-state index in [4.69, 9.17) is 0 Å². The first-order valence-corrected chi connectivity index (χ1v) is 8.15. The molecule has 0 atom stereocenters. The minimum Gasteiger partial charge on any atom is -0.347 e. The molecule has 0 aliphatic carbocycles. The van der Waals surface area contributed by atoms with E-state index in [1.165, 1.54) is 0 Å². The van der Waals surface area contributed by atoms with Gasteiger partial charge in [-0.2, -0.15) is 0 Å². The first-order valence-electron chi connectivity index (χ1n) is 8.15. The molecule has 0 fully saturated rings. The molecule has 0 heterocycles. The van der Waals surface area contributed by atoms with Crippen molar-refractivity contribution in [1.29, 1.82) is 0 Å². The Morgan fingerprint density at radius 2 is 1.08 bits per heavy atom. The number of hydrogen-bond donors (Lipinski definition) is 2. The highest BCUT2D eigenvalue weighted by Gasteiger charge is 2.22. The number of nitrogens with one attached hydrogen (secondary N) is 2. The van der Waals surface area contributed by atoms with Gasteiger partial charge >= 0.3 is 0 Å². The van der Waals surface area contributed by atoms with Crippen molar-refractivity contribution in [2.45, 2.75) is 52.6 Å². The van der Waals surface area contributed by atoms with Crippen molar-refractivity contribution in [3.05, 3.63) is 47.5 Å². The second kappa shape index (κ2) is 6.27. The van der Waals surface area contributed by atoms with Gasteiger partial charge in [0.05, 0.1) is 0 Å². The largest absolute Gasteiger partial charge is 0.347 e. The minimum atomic E-state index is -0.345. The molecule has 0 spiro atoms. The molecule has 2 rings (SSSR count). The molecule has 0 unspecified atom stereocenters. The first kappa shape index (κ1) is 18.0. The Kier molecular flexibility index (Phi) is 4.70. The minimum absolute atomic E-state index is 0.177. The van der Waals surface area contributed by atoms with Gasteiger partial charge in [0.25, 0.3) is 11.8 Å². The molecule has 128 valence electrons. The molecule has 0 saturated carbocycles. The molecule has 0 aromatic heterocycles. The van der Waals surface area contributed by atoms with Crippen LogP contribution in [0, 0.1) is 0 Å². The summed E-state index contributed by atoms with van der Waals surface area (Å²) in [4.78, 5) is 25.4. The maximum absolute atomic E-state index is 12.7. The maximum Gasteiger partial charge on any atom is 0.252 e. The molecule has 4 heteroatoms. The average molecular weight is 326 g/mol. The summed E-state index contributed by atoms with van der Waals surface area (Å²) < 4.78 is 0. The van der Waals surface area contributed by atoms with Gasteiger partial charge in [0.2, 0.25) is 0 Å². The Hall–Kier alpha value is -2.36. The quantitative estimate of drug-likeness (QED) is 0.879. The molecule has 0 aliphatic heterocycles. The third kappa shape index (κ3) is 4.34. The van der Waals surface area contributed by atoms with Crippen LogP contribution in [0.15, 0.2) is 36.4 Å². The van der Waals surface area contributed by atoms with Crippen LogP contribution < -0.4 is 10.6 Å². The van der Waals surface area contributed by atoms with Gasteiger partial charge in [-0.05, 0) is 59.1 Å². The Labute approximate surface area is 143 Å². The van der Waals surface area contributed by atoms with E-state index in [0.717, 1.165) is 5.39 Å². The van der Waals surface area contributed by atoms with Gasteiger partial charge in [0.15, 0.2) is 0 Å². The number of rotatable bonds is 2. The number of carbonyl (C=O) groups is 2. The lowest BCUT2D eigenvalue weighted by atomic mass is 9.96. The van der Waals surface area contributed by atoms with E-state index in [0.29, 0.717) is 16.5 Å². The molecule has 0 radical (unpaired) electrons. The summed E-state index contributed by atoms with van der Waals surface area (Å²) in [7, 11) is 0. The third-order valence-corrected chi connectivity index (χ3v) is 3.37. The van der Waals surface area contributed by atoms with Crippen molar-refractivity contribution in [3.8, 4) is 0 Å². The Morgan fingerprint density at radius 1 is 0.708 bits per heavy atom. The highest BCUT2D eigenvalue weighted by Crippen LogP contribution is 2.24. The van der Waals surface area contributed by atoms with Gasteiger partial charge in [0.1, 0.15) is 0 Å². The molecule has 0 bridgehead atoms. The fourth-order valence-corrected chi connectivity index (χ4v) is 2.54. The summed E-state index contributed by atoms with van der Waals surface area (Å²) in [6.07, 6.45) is 0. The third-order valence-electron chi connectivity index (χ3n) is 3.37. The Bertz CT molecular complexity index is 718. The van der Waals surface area contributed by atoms with Crippen LogP contribution in [-0.4, -0.2) is 22.9 Å². The SMILES string of the molecule is CC(C)(C)NC(=O)c1cccc2cccc(C(=O)NC(C)(C)C)c12. The zero-order chi connectivity index (χ0) is 18.1. The number of carbonyl (C=O) groups excluding carboxylic acids is 2. The lowest BCUT2D eigenvalue weighted by Gasteiger charge is -2.23. The van der Waals surface area contributed by atoms with Crippen molar-refractivity contribution >= 4 is 22.6 Å². The fraction of sp³-hybridized carbons (Fsp3) is 0.400. The zero-order valence-electron chi connectivity index (χ0n) is 15.3. The van der Waals surface area contributed by atoms with E-state index < -0.39 is 0 Å². The van der Waals surface area contributed by atoms with Crippen LogP contribution in [0.1, 0.15) is 62.3 Å². The Morgan fingerprint density at radius 3 is 1.42 bits per heavy atom. The molecule has 2 aromatic rings. The van der Waals surface area contributed by atoms with E-state index in [2.05, 4.69) is 10.6 Å². The first-order chi connectivity index (χ1) is 11.0. The van der Waals surface area contributed by atoms with Crippen LogP contribution in [0.25, 0.3) is 10.8 Å². The van der Waals surface area contributed by atoms with E-state index in [1.807, 2.05) is 65.8 Å². The predicted molar refractivity (Wildman–Crippen MR) is 98.4 cm³/mol. The zero-order valence-corrected chi connectivity index (χ0v) is 15.3. The summed E-state index contributed by atoms with van der Waals surface area (Å²) in [5, 5.41) is 7.50. The van der Waals surface area contributed by atoms with Crippen molar-refractivity contribution in [3.63, 3.8) is 0 Å². The van der Waals surface area contributed by atoms with Gasteiger partial charge in [-0.1, -0.05) is 24.3 Å². The number of hydrogen-bond acceptors (Lipinski definition) is 2. The van der Waals surface area contributed by atoms with Gasteiger partial charge in [-0.3, -0.25) is 9.59 Å².